The van der Waals surface area contributed by atoms with Crippen LogP contribution in [0.5, 0.6) is 0 Å². The molecule has 2 N–H and O–H groups in total. The third-order valence-corrected chi connectivity index (χ3v) is 4.88. The zero-order chi connectivity index (χ0) is 18.6. The molecule has 140 valence electrons. The van der Waals surface area contributed by atoms with Crippen LogP contribution in [0, 0.1) is 11.7 Å². The molecule has 0 saturated carbocycles. The number of Topliss-reactive ketones (excluding diaryl/α,β-unsaturated/α-hetero) is 1. The molecular weight excluding hydrogens is 325 g/mol. The minimum absolute atomic E-state index is 0.235. The van der Waals surface area contributed by atoms with Gasteiger partial charge in [-0.1, -0.05) is 48.9 Å². The van der Waals surface area contributed by atoms with E-state index in [1.807, 2.05) is 0 Å². The van der Waals surface area contributed by atoms with Gasteiger partial charge in [0.15, 0.2) is 0 Å². The molecule has 0 amide bonds. The van der Waals surface area contributed by atoms with Crippen LogP contribution in [0.25, 0.3) is 0 Å². The van der Waals surface area contributed by atoms with Crippen LogP contribution in [0.4, 0.5) is 4.39 Å². The van der Waals surface area contributed by atoms with E-state index in [-0.39, 0.29) is 5.82 Å². The molecule has 1 aromatic rings. The monoisotopic (exact) mass is 355 g/mol. The van der Waals surface area contributed by atoms with E-state index in [0.29, 0.717) is 37.5 Å². The fraction of sp³-hybridized carbons (Fsp3) is 0.435. The Bertz CT molecular complexity index is 643. The minimum Gasteiger partial charge on any atom is -0.330 e. The maximum Gasteiger partial charge on any atom is 0.133 e. The lowest BCUT2D eigenvalue weighted by Gasteiger charge is -2.17. The summed E-state index contributed by atoms with van der Waals surface area (Å²) in [6.45, 7) is 0.694. The van der Waals surface area contributed by atoms with Crippen LogP contribution in [0.1, 0.15) is 50.5 Å². The van der Waals surface area contributed by atoms with E-state index in [2.05, 4.69) is 30.4 Å². The SMILES string of the molecule is NCCC(CCCCC(=O)CCc1ccc(F)cc1)C1=CCC=CC=C1. The summed E-state index contributed by atoms with van der Waals surface area (Å²) in [5.41, 5.74) is 8.18. The molecule has 1 aliphatic rings. The standard InChI is InChI=1S/C23H30FNO/c24-22-14-11-19(12-15-22)13-16-23(26)10-6-5-9-21(17-18-25)20-7-3-1-2-4-8-20/h1-3,7-8,11-12,14-15,21H,4-6,9-10,13,16-18,25H2. The number of halogens is 1. The number of hydrogen-bond donors (Lipinski definition) is 1. The molecule has 0 radical (unpaired) electrons. The van der Waals surface area contributed by atoms with Crippen LogP contribution in [-0.4, -0.2) is 12.3 Å². The third-order valence-electron chi connectivity index (χ3n) is 4.88. The largest absolute Gasteiger partial charge is 0.330 e. The number of ketones is 1. The van der Waals surface area contributed by atoms with Crippen LogP contribution in [-0.2, 0) is 11.2 Å². The Labute approximate surface area is 156 Å². The predicted molar refractivity (Wildman–Crippen MR) is 106 cm³/mol. The molecule has 0 saturated heterocycles. The topological polar surface area (TPSA) is 43.1 Å². The Morgan fingerprint density at radius 1 is 1.08 bits per heavy atom. The third kappa shape index (κ3) is 7.49. The second-order valence-corrected chi connectivity index (χ2v) is 6.91. The molecular formula is C23H30FNO. The van der Waals surface area contributed by atoms with Gasteiger partial charge in [0.05, 0.1) is 0 Å². The van der Waals surface area contributed by atoms with E-state index < -0.39 is 0 Å². The average Bonchev–Trinajstić information content (AvgIpc) is 2.93. The van der Waals surface area contributed by atoms with Gasteiger partial charge in [0.2, 0.25) is 0 Å². The second-order valence-electron chi connectivity index (χ2n) is 6.91. The number of carbonyl (C=O) groups excluding carboxylic acids is 1. The molecule has 1 aromatic carbocycles. The van der Waals surface area contributed by atoms with E-state index in [9.17, 15) is 9.18 Å². The van der Waals surface area contributed by atoms with Crippen molar-refractivity contribution >= 4 is 5.78 Å². The fourth-order valence-corrected chi connectivity index (χ4v) is 3.35. The van der Waals surface area contributed by atoms with Gasteiger partial charge in [-0.3, -0.25) is 4.79 Å². The van der Waals surface area contributed by atoms with Gasteiger partial charge in [0.1, 0.15) is 11.6 Å². The highest BCUT2D eigenvalue weighted by Gasteiger charge is 2.12. The molecule has 1 aliphatic carbocycles. The lowest BCUT2D eigenvalue weighted by molar-refractivity contribution is -0.119. The highest BCUT2D eigenvalue weighted by molar-refractivity contribution is 5.78. The van der Waals surface area contributed by atoms with Crippen LogP contribution in [0.3, 0.4) is 0 Å². The van der Waals surface area contributed by atoms with Crippen molar-refractivity contribution < 1.29 is 9.18 Å². The highest BCUT2D eigenvalue weighted by Crippen LogP contribution is 2.25. The molecule has 3 heteroatoms. The van der Waals surface area contributed by atoms with Gasteiger partial charge >= 0.3 is 0 Å². The summed E-state index contributed by atoms with van der Waals surface area (Å²) in [5.74, 6) is 0.550. The lowest BCUT2D eigenvalue weighted by atomic mass is 9.89. The molecule has 0 bridgehead atoms. The molecule has 0 spiro atoms. The smallest absolute Gasteiger partial charge is 0.133 e. The fourth-order valence-electron chi connectivity index (χ4n) is 3.35. The quantitative estimate of drug-likeness (QED) is 0.548. The highest BCUT2D eigenvalue weighted by atomic mass is 19.1. The Kier molecular flexibility index (Phi) is 9.05. The average molecular weight is 355 g/mol. The Hall–Kier alpha value is -2.00. The van der Waals surface area contributed by atoms with Gasteiger partial charge in [-0.05, 0) is 67.8 Å². The molecule has 2 nitrogen and oxygen atoms in total. The van der Waals surface area contributed by atoms with Crippen molar-refractivity contribution in [3.05, 3.63) is 71.6 Å². The van der Waals surface area contributed by atoms with Gasteiger partial charge in [0.25, 0.3) is 0 Å². The number of unbranched alkanes of at least 4 members (excludes halogenated alkanes) is 1. The first-order chi connectivity index (χ1) is 12.7. The van der Waals surface area contributed by atoms with E-state index in [1.54, 1.807) is 12.1 Å². The lowest BCUT2D eigenvalue weighted by Crippen LogP contribution is -2.11. The number of carbonyl (C=O) groups is 1. The van der Waals surface area contributed by atoms with E-state index in [0.717, 1.165) is 37.7 Å². The molecule has 0 fully saturated rings. The predicted octanol–water partition coefficient (Wildman–Crippen LogP) is 5.30. The molecule has 26 heavy (non-hydrogen) atoms. The van der Waals surface area contributed by atoms with Crippen molar-refractivity contribution in [3.63, 3.8) is 0 Å². The van der Waals surface area contributed by atoms with Gasteiger partial charge in [-0.25, -0.2) is 4.39 Å². The number of nitrogens with two attached hydrogens (primary N) is 1. The summed E-state index contributed by atoms with van der Waals surface area (Å²) in [6.07, 6.45) is 17.7. The summed E-state index contributed by atoms with van der Waals surface area (Å²) >= 11 is 0. The van der Waals surface area contributed by atoms with Crippen molar-refractivity contribution in [1.29, 1.82) is 0 Å². The van der Waals surface area contributed by atoms with Crippen LogP contribution < -0.4 is 5.73 Å². The number of rotatable bonds is 11. The molecule has 2 rings (SSSR count). The normalized spacial score (nSPS) is 14.8. The van der Waals surface area contributed by atoms with Crippen molar-refractivity contribution in [2.75, 3.05) is 6.54 Å². The summed E-state index contributed by atoms with van der Waals surface area (Å²) in [7, 11) is 0. The second kappa shape index (κ2) is 11.6. The molecule has 0 heterocycles. The Morgan fingerprint density at radius 3 is 2.65 bits per heavy atom. The minimum atomic E-state index is -0.235. The number of aryl methyl sites for hydroxylation is 1. The van der Waals surface area contributed by atoms with Crippen LogP contribution >= 0.6 is 0 Å². The van der Waals surface area contributed by atoms with Crippen LogP contribution in [0.2, 0.25) is 0 Å². The van der Waals surface area contributed by atoms with Crippen molar-refractivity contribution in [3.8, 4) is 0 Å². The van der Waals surface area contributed by atoms with Crippen molar-refractivity contribution in [1.82, 2.24) is 0 Å². The molecule has 0 aromatic heterocycles. The Morgan fingerprint density at radius 2 is 1.88 bits per heavy atom. The summed E-state index contributed by atoms with van der Waals surface area (Å²) < 4.78 is 12.9. The van der Waals surface area contributed by atoms with Gasteiger partial charge in [0, 0.05) is 12.8 Å². The first-order valence-corrected chi connectivity index (χ1v) is 9.68. The van der Waals surface area contributed by atoms with Crippen molar-refractivity contribution in [2.45, 2.75) is 51.4 Å². The Balaban J connectivity index is 1.67. The summed E-state index contributed by atoms with van der Waals surface area (Å²) in [4.78, 5) is 12.1. The first-order valence-electron chi connectivity index (χ1n) is 9.68. The molecule has 1 atom stereocenters. The van der Waals surface area contributed by atoms with Gasteiger partial charge in [-0.15, -0.1) is 0 Å². The van der Waals surface area contributed by atoms with Crippen LogP contribution in [0.15, 0.2) is 60.2 Å². The summed E-state index contributed by atoms with van der Waals surface area (Å²) in [6, 6.07) is 6.40. The van der Waals surface area contributed by atoms with E-state index in [1.165, 1.54) is 17.7 Å². The van der Waals surface area contributed by atoms with E-state index in [4.69, 9.17) is 5.73 Å². The molecule has 1 unspecified atom stereocenters. The van der Waals surface area contributed by atoms with Crippen molar-refractivity contribution in [2.24, 2.45) is 11.7 Å². The zero-order valence-electron chi connectivity index (χ0n) is 15.5. The van der Waals surface area contributed by atoms with Gasteiger partial charge < -0.3 is 5.73 Å². The molecule has 0 aliphatic heterocycles. The summed E-state index contributed by atoms with van der Waals surface area (Å²) in [5, 5.41) is 0. The van der Waals surface area contributed by atoms with Gasteiger partial charge in [-0.2, -0.15) is 0 Å². The maximum absolute atomic E-state index is 12.9. The maximum atomic E-state index is 12.9. The number of allylic oxidation sites excluding steroid dienone is 6. The first kappa shape index (κ1) is 20.3. The van der Waals surface area contributed by atoms with E-state index >= 15 is 0 Å². The number of benzene rings is 1. The zero-order valence-corrected chi connectivity index (χ0v) is 15.5. The number of hydrogen-bond acceptors (Lipinski definition) is 2.